The zero-order chi connectivity index (χ0) is 17.5. The first-order chi connectivity index (χ1) is 12.3. The number of nitrogens with zero attached hydrogens (tertiary/aromatic N) is 1. The lowest BCUT2D eigenvalue weighted by molar-refractivity contribution is -0.137. The Hall–Kier alpha value is -2.17. The number of carbonyl (C=O) groups is 1. The largest absolute Gasteiger partial charge is 0.378 e. The molecule has 0 radical (unpaired) electrons. The van der Waals surface area contributed by atoms with Crippen LogP contribution < -0.4 is 5.32 Å². The second-order valence-corrected chi connectivity index (χ2v) is 6.44. The molecule has 2 aromatic rings. The van der Waals surface area contributed by atoms with Crippen molar-refractivity contribution in [3.8, 4) is 0 Å². The Balaban J connectivity index is 1.67. The summed E-state index contributed by atoms with van der Waals surface area (Å²) in [5.41, 5.74) is 2.51. The zero-order valence-electron chi connectivity index (χ0n) is 14.7. The molecule has 1 heterocycles. The second kappa shape index (κ2) is 8.79. The van der Waals surface area contributed by atoms with Crippen molar-refractivity contribution in [2.45, 2.75) is 18.9 Å². The van der Waals surface area contributed by atoms with Crippen LogP contribution in [0.1, 0.15) is 24.0 Å². The summed E-state index contributed by atoms with van der Waals surface area (Å²) in [6.45, 7) is 5.32. The maximum atomic E-state index is 12.6. The van der Waals surface area contributed by atoms with Crippen molar-refractivity contribution in [3.05, 3.63) is 71.8 Å². The van der Waals surface area contributed by atoms with Gasteiger partial charge in [-0.2, -0.15) is 0 Å². The minimum absolute atomic E-state index is 0.156. The molecule has 132 valence electrons. The lowest BCUT2D eigenvalue weighted by Gasteiger charge is -2.30. The first kappa shape index (κ1) is 17.6. The van der Waals surface area contributed by atoms with Gasteiger partial charge in [0.2, 0.25) is 5.91 Å². The fourth-order valence-corrected chi connectivity index (χ4v) is 3.24. The van der Waals surface area contributed by atoms with E-state index in [0.29, 0.717) is 26.3 Å². The number of nitrogens with one attached hydrogen (secondary N) is 1. The highest BCUT2D eigenvalue weighted by Crippen LogP contribution is 2.23. The normalized spacial score (nSPS) is 16.0. The monoisotopic (exact) mass is 338 g/mol. The maximum Gasteiger partial charge on any atom is 0.239 e. The van der Waals surface area contributed by atoms with Crippen molar-refractivity contribution in [1.82, 2.24) is 10.2 Å². The molecule has 0 aliphatic carbocycles. The van der Waals surface area contributed by atoms with Gasteiger partial charge in [0.05, 0.1) is 19.3 Å². The molecule has 2 aromatic carbocycles. The number of ether oxygens (including phenoxy) is 1. The Morgan fingerprint density at radius 3 is 2.04 bits per heavy atom. The van der Waals surface area contributed by atoms with Crippen LogP contribution >= 0.6 is 0 Å². The van der Waals surface area contributed by atoms with Crippen LogP contribution in [0.3, 0.4) is 0 Å². The highest BCUT2D eigenvalue weighted by atomic mass is 16.5. The topological polar surface area (TPSA) is 41.6 Å². The average molecular weight is 338 g/mol. The van der Waals surface area contributed by atoms with Crippen LogP contribution in [0.5, 0.6) is 0 Å². The number of hydrogen-bond acceptors (Lipinski definition) is 3. The van der Waals surface area contributed by atoms with Crippen LogP contribution in [0.4, 0.5) is 0 Å². The van der Waals surface area contributed by atoms with E-state index in [1.165, 1.54) is 11.1 Å². The number of amides is 1. The molecule has 1 unspecified atom stereocenters. The number of hydrogen-bond donors (Lipinski definition) is 1. The molecule has 25 heavy (non-hydrogen) atoms. The molecule has 0 bridgehead atoms. The van der Waals surface area contributed by atoms with E-state index in [1.54, 1.807) is 0 Å². The Bertz CT molecular complexity index is 615. The van der Waals surface area contributed by atoms with E-state index in [1.807, 2.05) is 24.0 Å². The summed E-state index contributed by atoms with van der Waals surface area (Å²) in [5.74, 6) is 0.380. The van der Waals surface area contributed by atoms with Gasteiger partial charge in [-0.3, -0.25) is 4.79 Å². The van der Waals surface area contributed by atoms with Crippen molar-refractivity contribution in [3.63, 3.8) is 0 Å². The first-order valence-corrected chi connectivity index (χ1v) is 8.95. The molecule has 4 heteroatoms. The van der Waals surface area contributed by atoms with Crippen LogP contribution in [0.15, 0.2) is 60.7 Å². The molecule has 1 amide bonds. The molecule has 4 nitrogen and oxygen atoms in total. The summed E-state index contributed by atoms with van der Waals surface area (Å²) in [6.07, 6.45) is 0. The Labute approximate surface area is 149 Å². The Morgan fingerprint density at radius 1 is 1.00 bits per heavy atom. The van der Waals surface area contributed by atoms with Crippen molar-refractivity contribution >= 4 is 5.91 Å². The molecule has 1 atom stereocenters. The van der Waals surface area contributed by atoms with Crippen molar-refractivity contribution < 1.29 is 9.53 Å². The predicted octanol–water partition coefficient (Wildman–Crippen LogP) is 2.66. The van der Waals surface area contributed by atoms with Gasteiger partial charge >= 0.3 is 0 Å². The fraction of sp³-hybridized carbons (Fsp3) is 0.381. The molecule has 0 saturated carbocycles. The number of carbonyl (C=O) groups excluding carboxylic acids is 1. The van der Waals surface area contributed by atoms with Gasteiger partial charge in [0.15, 0.2) is 0 Å². The summed E-state index contributed by atoms with van der Waals surface area (Å²) >= 11 is 0. The van der Waals surface area contributed by atoms with Crippen molar-refractivity contribution in [2.24, 2.45) is 0 Å². The van der Waals surface area contributed by atoms with Crippen LogP contribution in [0.25, 0.3) is 0 Å². The molecule has 0 aromatic heterocycles. The number of rotatable bonds is 6. The smallest absolute Gasteiger partial charge is 0.239 e. The van der Waals surface area contributed by atoms with E-state index in [-0.39, 0.29) is 17.9 Å². The zero-order valence-corrected chi connectivity index (χ0v) is 14.7. The molecule has 1 fully saturated rings. The summed E-state index contributed by atoms with van der Waals surface area (Å²) in [4.78, 5) is 14.5. The van der Waals surface area contributed by atoms with E-state index >= 15 is 0 Å². The van der Waals surface area contributed by atoms with E-state index in [0.717, 1.165) is 6.54 Å². The molecule has 0 spiro atoms. The maximum absolute atomic E-state index is 12.6. The molecular weight excluding hydrogens is 312 g/mol. The van der Waals surface area contributed by atoms with Gasteiger partial charge in [0.25, 0.3) is 0 Å². The predicted molar refractivity (Wildman–Crippen MR) is 99.6 cm³/mol. The van der Waals surface area contributed by atoms with Gasteiger partial charge in [-0.1, -0.05) is 60.7 Å². The summed E-state index contributed by atoms with van der Waals surface area (Å²) in [6, 6.07) is 20.7. The van der Waals surface area contributed by atoms with Gasteiger partial charge in [0.1, 0.15) is 0 Å². The molecular formula is C21H26N2O2. The van der Waals surface area contributed by atoms with E-state index < -0.39 is 0 Å². The molecule has 1 saturated heterocycles. The van der Waals surface area contributed by atoms with Crippen molar-refractivity contribution in [1.29, 1.82) is 0 Å². The minimum atomic E-state index is -0.201. The number of morpholine rings is 1. The van der Waals surface area contributed by atoms with Gasteiger partial charge in [-0.25, -0.2) is 0 Å². The van der Waals surface area contributed by atoms with Gasteiger partial charge < -0.3 is 15.0 Å². The molecule has 1 N–H and O–H groups in total. The highest BCUT2D eigenvalue weighted by Gasteiger charge is 2.23. The first-order valence-electron chi connectivity index (χ1n) is 8.95. The third kappa shape index (κ3) is 4.68. The highest BCUT2D eigenvalue weighted by molar-refractivity contribution is 5.81. The molecule has 1 aliphatic rings. The lowest BCUT2D eigenvalue weighted by Crippen LogP contribution is -2.49. The summed E-state index contributed by atoms with van der Waals surface area (Å²) in [7, 11) is 0. The molecule has 1 aliphatic heterocycles. The van der Waals surface area contributed by atoms with Crippen LogP contribution in [0.2, 0.25) is 0 Å². The summed E-state index contributed by atoms with van der Waals surface area (Å²) < 4.78 is 5.33. The standard InChI is InChI=1S/C21H26N2O2/c1-17(21(24)23-12-14-25-15-13-23)22-16-20(18-8-4-2-5-9-18)19-10-6-3-7-11-19/h2-11,17,20,22H,12-16H2,1H3. The van der Waals surface area contributed by atoms with E-state index in [2.05, 4.69) is 53.8 Å². The number of benzene rings is 2. The Kier molecular flexibility index (Phi) is 6.20. The van der Waals surface area contributed by atoms with E-state index in [4.69, 9.17) is 4.74 Å². The quantitative estimate of drug-likeness (QED) is 0.880. The minimum Gasteiger partial charge on any atom is -0.378 e. The van der Waals surface area contributed by atoms with Crippen LogP contribution in [0, 0.1) is 0 Å². The fourth-order valence-electron chi connectivity index (χ4n) is 3.24. The lowest BCUT2D eigenvalue weighted by atomic mass is 9.91. The summed E-state index contributed by atoms with van der Waals surface area (Å²) in [5, 5.41) is 3.44. The van der Waals surface area contributed by atoms with E-state index in [9.17, 15) is 4.79 Å². The average Bonchev–Trinajstić information content (AvgIpc) is 2.70. The van der Waals surface area contributed by atoms with Gasteiger partial charge in [-0.15, -0.1) is 0 Å². The van der Waals surface area contributed by atoms with Gasteiger partial charge in [-0.05, 0) is 18.1 Å². The Morgan fingerprint density at radius 2 is 1.52 bits per heavy atom. The van der Waals surface area contributed by atoms with Crippen LogP contribution in [-0.4, -0.2) is 49.7 Å². The van der Waals surface area contributed by atoms with Crippen LogP contribution in [-0.2, 0) is 9.53 Å². The van der Waals surface area contributed by atoms with Crippen molar-refractivity contribution in [2.75, 3.05) is 32.8 Å². The third-order valence-electron chi connectivity index (χ3n) is 4.73. The SMILES string of the molecule is CC(NCC(c1ccccc1)c1ccccc1)C(=O)N1CCOCC1. The van der Waals surface area contributed by atoms with Gasteiger partial charge in [0, 0.05) is 25.6 Å². The third-order valence-corrected chi connectivity index (χ3v) is 4.73. The second-order valence-electron chi connectivity index (χ2n) is 6.44. The molecule has 3 rings (SSSR count).